The fourth-order valence-electron chi connectivity index (χ4n) is 1.23. The van der Waals surface area contributed by atoms with E-state index in [4.69, 9.17) is 11.0 Å². The summed E-state index contributed by atoms with van der Waals surface area (Å²) in [7, 11) is 0. The molecule has 0 aromatic heterocycles. The number of aryl methyl sites for hydroxylation is 1. The highest BCUT2D eigenvalue weighted by molar-refractivity contribution is 5.76. The molecule has 0 saturated carbocycles. The van der Waals surface area contributed by atoms with Crippen LogP contribution >= 0.6 is 0 Å². The number of carbonyl (C=O) groups is 1. The first-order valence-electron chi connectivity index (χ1n) is 4.45. The summed E-state index contributed by atoms with van der Waals surface area (Å²) in [6.07, 6.45) is 1.56. The van der Waals surface area contributed by atoms with E-state index in [0.717, 1.165) is 17.5 Å². The molecule has 1 amide bonds. The third-order valence-corrected chi connectivity index (χ3v) is 1.93. The molecule has 0 saturated heterocycles. The second kappa shape index (κ2) is 5.03. The van der Waals surface area contributed by atoms with Crippen LogP contribution in [-0.4, -0.2) is 5.91 Å². The third-order valence-electron chi connectivity index (χ3n) is 1.93. The van der Waals surface area contributed by atoms with Crippen molar-refractivity contribution < 1.29 is 4.79 Å². The Morgan fingerprint density at radius 3 is 2.36 bits per heavy atom. The van der Waals surface area contributed by atoms with Crippen molar-refractivity contribution in [3.63, 3.8) is 0 Å². The SMILES string of the molecule is N#CCCc1ccc(CC(N)=O)cc1. The van der Waals surface area contributed by atoms with E-state index in [0.29, 0.717) is 6.42 Å². The average molecular weight is 188 g/mol. The Morgan fingerprint density at radius 2 is 1.86 bits per heavy atom. The van der Waals surface area contributed by atoms with E-state index in [2.05, 4.69) is 6.07 Å². The van der Waals surface area contributed by atoms with E-state index in [1.165, 1.54) is 0 Å². The maximum absolute atomic E-state index is 10.6. The van der Waals surface area contributed by atoms with Gasteiger partial charge in [-0.25, -0.2) is 0 Å². The number of hydrogen-bond donors (Lipinski definition) is 1. The van der Waals surface area contributed by atoms with Crippen LogP contribution in [0.3, 0.4) is 0 Å². The van der Waals surface area contributed by atoms with Crippen LogP contribution in [0.2, 0.25) is 0 Å². The fourth-order valence-corrected chi connectivity index (χ4v) is 1.23. The average Bonchev–Trinajstić information content (AvgIpc) is 2.16. The molecule has 0 aliphatic carbocycles. The molecule has 0 bridgehead atoms. The molecule has 14 heavy (non-hydrogen) atoms. The Kier molecular flexibility index (Phi) is 3.69. The van der Waals surface area contributed by atoms with Crippen LogP contribution in [0, 0.1) is 11.3 Å². The van der Waals surface area contributed by atoms with Gasteiger partial charge in [-0.1, -0.05) is 24.3 Å². The van der Waals surface area contributed by atoms with Crippen LogP contribution in [0.4, 0.5) is 0 Å². The van der Waals surface area contributed by atoms with Crippen molar-refractivity contribution in [2.24, 2.45) is 5.73 Å². The first kappa shape index (κ1) is 10.3. The molecule has 1 aromatic carbocycles. The number of primary amides is 1. The molecule has 0 heterocycles. The predicted octanol–water partition coefficient (Wildman–Crippen LogP) is 1.17. The Hall–Kier alpha value is -1.82. The van der Waals surface area contributed by atoms with Gasteiger partial charge in [0.2, 0.25) is 5.91 Å². The van der Waals surface area contributed by atoms with Gasteiger partial charge in [0.15, 0.2) is 0 Å². The van der Waals surface area contributed by atoms with E-state index < -0.39 is 0 Å². The van der Waals surface area contributed by atoms with Crippen molar-refractivity contribution in [1.29, 1.82) is 5.26 Å². The Labute approximate surface area is 83.2 Å². The third kappa shape index (κ3) is 3.28. The zero-order chi connectivity index (χ0) is 10.4. The molecule has 0 atom stereocenters. The predicted molar refractivity (Wildman–Crippen MR) is 53.3 cm³/mol. The van der Waals surface area contributed by atoms with Crippen LogP contribution < -0.4 is 5.73 Å². The minimum absolute atomic E-state index is 0.276. The highest BCUT2D eigenvalue weighted by Gasteiger charge is 1.98. The molecule has 2 N–H and O–H groups in total. The molecule has 72 valence electrons. The van der Waals surface area contributed by atoms with E-state index in [1.807, 2.05) is 24.3 Å². The van der Waals surface area contributed by atoms with Crippen LogP contribution in [0.25, 0.3) is 0 Å². The lowest BCUT2D eigenvalue weighted by atomic mass is 10.1. The number of hydrogen-bond acceptors (Lipinski definition) is 2. The van der Waals surface area contributed by atoms with Gasteiger partial charge in [0, 0.05) is 6.42 Å². The standard InChI is InChI=1S/C11H12N2O/c12-7-1-2-9-3-5-10(6-4-9)8-11(13)14/h3-6H,1-2,8H2,(H2,13,14). The summed E-state index contributed by atoms with van der Waals surface area (Å²) in [5.41, 5.74) is 7.09. The summed E-state index contributed by atoms with van der Waals surface area (Å²) >= 11 is 0. The molecule has 0 spiro atoms. The zero-order valence-corrected chi connectivity index (χ0v) is 7.86. The number of benzene rings is 1. The maximum Gasteiger partial charge on any atom is 0.221 e. The minimum atomic E-state index is -0.324. The smallest absolute Gasteiger partial charge is 0.221 e. The van der Waals surface area contributed by atoms with Gasteiger partial charge in [0.05, 0.1) is 12.5 Å². The fraction of sp³-hybridized carbons (Fsp3) is 0.273. The molecule has 0 fully saturated rings. The van der Waals surface area contributed by atoms with E-state index in [-0.39, 0.29) is 12.3 Å². The van der Waals surface area contributed by atoms with Gasteiger partial charge in [0.1, 0.15) is 0 Å². The van der Waals surface area contributed by atoms with E-state index >= 15 is 0 Å². The minimum Gasteiger partial charge on any atom is -0.369 e. The summed E-state index contributed by atoms with van der Waals surface area (Å²) < 4.78 is 0. The van der Waals surface area contributed by atoms with Crippen molar-refractivity contribution in [2.75, 3.05) is 0 Å². The summed E-state index contributed by atoms with van der Waals surface area (Å²) in [4.78, 5) is 10.6. The van der Waals surface area contributed by atoms with E-state index in [1.54, 1.807) is 0 Å². The molecule has 3 heteroatoms. The van der Waals surface area contributed by atoms with E-state index in [9.17, 15) is 4.79 Å². The molecule has 0 aliphatic heterocycles. The lowest BCUT2D eigenvalue weighted by molar-refractivity contribution is -0.117. The molecular formula is C11H12N2O. The summed E-state index contributed by atoms with van der Waals surface area (Å²) in [5, 5.41) is 8.39. The lowest BCUT2D eigenvalue weighted by Crippen LogP contribution is -2.13. The highest BCUT2D eigenvalue weighted by atomic mass is 16.1. The Morgan fingerprint density at radius 1 is 1.29 bits per heavy atom. The molecule has 0 unspecified atom stereocenters. The number of carbonyl (C=O) groups excluding carboxylic acids is 1. The van der Waals surface area contributed by atoms with Crippen molar-refractivity contribution in [2.45, 2.75) is 19.3 Å². The van der Waals surface area contributed by atoms with Crippen LogP contribution in [0.15, 0.2) is 24.3 Å². The number of rotatable bonds is 4. The van der Waals surface area contributed by atoms with Gasteiger partial charge in [-0.05, 0) is 17.5 Å². The van der Waals surface area contributed by atoms with Crippen LogP contribution in [0.1, 0.15) is 17.5 Å². The monoisotopic (exact) mass is 188 g/mol. The molecule has 1 aromatic rings. The normalized spacial score (nSPS) is 9.36. The second-order valence-electron chi connectivity index (χ2n) is 3.12. The lowest BCUT2D eigenvalue weighted by Gasteiger charge is -2.00. The van der Waals surface area contributed by atoms with Crippen molar-refractivity contribution in [1.82, 2.24) is 0 Å². The molecular weight excluding hydrogens is 176 g/mol. The van der Waals surface area contributed by atoms with Gasteiger partial charge in [0.25, 0.3) is 0 Å². The van der Waals surface area contributed by atoms with Crippen molar-refractivity contribution >= 4 is 5.91 Å². The maximum atomic E-state index is 10.6. The number of nitrogens with zero attached hydrogens (tertiary/aromatic N) is 1. The number of nitriles is 1. The van der Waals surface area contributed by atoms with Crippen LogP contribution in [0.5, 0.6) is 0 Å². The van der Waals surface area contributed by atoms with Crippen molar-refractivity contribution in [3.8, 4) is 6.07 Å². The highest BCUT2D eigenvalue weighted by Crippen LogP contribution is 2.06. The Balaban J connectivity index is 2.60. The topological polar surface area (TPSA) is 66.9 Å². The van der Waals surface area contributed by atoms with Gasteiger partial charge in [-0.2, -0.15) is 5.26 Å². The number of nitrogens with two attached hydrogens (primary N) is 1. The first-order chi connectivity index (χ1) is 6.72. The van der Waals surface area contributed by atoms with Gasteiger partial charge < -0.3 is 5.73 Å². The van der Waals surface area contributed by atoms with Crippen LogP contribution in [-0.2, 0) is 17.6 Å². The summed E-state index contributed by atoms with van der Waals surface area (Å²) in [6, 6.07) is 9.69. The van der Waals surface area contributed by atoms with Gasteiger partial charge in [-0.15, -0.1) is 0 Å². The van der Waals surface area contributed by atoms with Gasteiger partial charge in [-0.3, -0.25) is 4.79 Å². The number of amides is 1. The summed E-state index contributed by atoms with van der Waals surface area (Å²) in [6.45, 7) is 0. The summed E-state index contributed by atoms with van der Waals surface area (Å²) in [5.74, 6) is -0.324. The first-order valence-corrected chi connectivity index (χ1v) is 4.45. The Bertz CT molecular complexity index is 349. The molecule has 0 radical (unpaired) electrons. The van der Waals surface area contributed by atoms with Crippen molar-refractivity contribution in [3.05, 3.63) is 35.4 Å². The molecule has 0 aliphatic rings. The molecule has 3 nitrogen and oxygen atoms in total. The second-order valence-corrected chi connectivity index (χ2v) is 3.12. The zero-order valence-electron chi connectivity index (χ0n) is 7.86. The largest absolute Gasteiger partial charge is 0.369 e. The van der Waals surface area contributed by atoms with Gasteiger partial charge >= 0.3 is 0 Å². The quantitative estimate of drug-likeness (QED) is 0.770. The molecule has 1 rings (SSSR count).